The highest BCUT2D eigenvalue weighted by Gasteiger charge is 2.26. The van der Waals surface area contributed by atoms with Crippen molar-refractivity contribution in [2.24, 2.45) is 0 Å². The Morgan fingerprint density at radius 2 is 0.471 bits per heavy atom. The van der Waals surface area contributed by atoms with E-state index in [0.29, 0.717) is 11.4 Å². The molecule has 26 N–H and O–H groups in total. The highest BCUT2D eigenvalue weighted by Crippen LogP contribution is 2.39. The molecule has 0 aliphatic heterocycles. The molecule has 0 saturated carbocycles. The molecule has 6 aromatic rings. The van der Waals surface area contributed by atoms with Gasteiger partial charge in [0.2, 0.25) is 0 Å². The molecule has 0 bridgehead atoms. The molecule has 34 heteroatoms. The van der Waals surface area contributed by atoms with E-state index >= 15 is 0 Å². The van der Waals surface area contributed by atoms with Crippen LogP contribution in [0, 0.1) is 0 Å². The van der Waals surface area contributed by atoms with E-state index in [1.165, 1.54) is 72.8 Å². The first-order valence-corrected chi connectivity index (χ1v) is 26.5. The first-order chi connectivity index (χ1) is 31.6. The lowest BCUT2D eigenvalue weighted by Crippen LogP contribution is -2.09. The normalized spacial score (nSPS) is 11.7. The smallest absolute Gasteiger partial charge is 0.296 e. The third-order valence-electron chi connectivity index (χ3n) is 8.20. The van der Waals surface area contributed by atoms with E-state index in [1.807, 2.05) is 0 Å². The van der Waals surface area contributed by atoms with Gasteiger partial charge in [-0.15, -0.1) is 0 Å². The molecule has 70 heavy (non-hydrogen) atoms. The van der Waals surface area contributed by atoms with Gasteiger partial charge < -0.3 is 57.3 Å². The lowest BCUT2D eigenvalue weighted by Gasteiger charge is -2.15. The van der Waals surface area contributed by atoms with Gasteiger partial charge in [0.1, 0.15) is 19.6 Å². The number of hydrogen-bond acceptors (Lipinski definition) is 22. The Bertz CT molecular complexity index is 3350. The number of rotatable bonds is 7. The number of benzene rings is 6. The summed E-state index contributed by atoms with van der Waals surface area (Å²) < 4.78 is 184. The topological polar surface area (TPSA) is 586 Å². The molecule has 0 amide bonds. The molecule has 0 radical (unpaired) electrons. The summed E-state index contributed by atoms with van der Waals surface area (Å²) in [6.07, 6.45) is 0. The average molecular weight is 1100 g/mol. The van der Waals surface area contributed by atoms with Crippen LogP contribution in [0.4, 0.5) is 56.9 Å². The Balaban J connectivity index is 0.000000315. The van der Waals surface area contributed by atoms with E-state index in [2.05, 4.69) is 0 Å². The molecule has 0 spiro atoms. The Morgan fingerprint density at radius 1 is 0.243 bits per heavy atom. The molecule has 6 aromatic carbocycles. The number of hydrogen-bond donors (Lipinski definition) is 16. The lowest BCUT2D eigenvalue weighted by atomic mass is 10.0. The van der Waals surface area contributed by atoms with Gasteiger partial charge in [0, 0.05) is 33.9 Å². The Morgan fingerprint density at radius 3 is 0.686 bits per heavy atom. The number of anilines is 10. The molecule has 28 nitrogen and oxygen atoms in total. The van der Waals surface area contributed by atoms with Crippen molar-refractivity contribution in [3.05, 3.63) is 109 Å². The Hall–Kier alpha value is -7.22. The molecule has 0 aromatic heterocycles. The summed E-state index contributed by atoms with van der Waals surface area (Å²) in [5.41, 5.74) is 54.3. The fourth-order valence-corrected chi connectivity index (χ4v) is 8.61. The van der Waals surface area contributed by atoms with Crippen molar-refractivity contribution >= 4 is 118 Å². The molecule has 382 valence electrons. The van der Waals surface area contributed by atoms with Crippen LogP contribution in [0.5, 0.6) is 0 Å². The second-order valence-electron chi connectivity index (χ2n) is 13.5. The molecule has 0 saturated heterocycles. The van der Waals surface area contributed by atoms with Gasteiger partial charge in [-0.25, -0.2) is 0 Å². The average Bonchev–Trinajstić information content (AvgIpc) is 3.20. The molecular weight excluding hydrogens is 1050 g/mol. The Kier molecular flexibility index (Phi) is 18.9. The van der Waals surface area contributed by atoms with Crippen LogP contribution in [-0.4, -0.2) is 77.8 Å². The van der Waals surface area contributed by atoms with Gasteiger partial charge in [-0.05, 0) is 109 Å². The molecule has 0 unspecified atom stereocenters. The summed E-state index contributed by atoms with van der Waals surface area (Å²) >= 11 is 0. The number of nitrogen functional groups attached to an aromatic ring is 10. The van der Waals surface area contributed by atoms with Crippen LogP contribution in [0.1, 0.15) is 0 Å². The minimum Gasteiger partial charge on any atom is -0.399 e. The summed E-state index contributed by atoms with van der Waals surface area (Å²) in [4.78, 5) is -2.42. The van der Waals surface area contributed by atoms with Crippen molar-refractivity contribution in [3.8, 4) is 11.1 Å². The number of nitrogens with two attached hydrogens (primary N) is 10. The van der Waals surface area contributed by atoms with Gasteiger partial charge in [0.05, 0.1) is 43.9 Å². The monoisotopic (exact) mass is 1100 g/mol. The SMILES string of the molecule is Nc1cc(-c2cc(N)c(N)cc2S(=O)(=O)O)c(S(=O)(=O)O)cc1N.Nc1ccc(N)c(S(=O)(=O)O)c1.Nc1ccc(N)c(S(=O)(=O)O)c1.Nc1ccc(S(=O)(=O)O)cc1.Nc1ccc(S(=O)(=O)O)cc1. The summed E-state index contributed by atoms with van der Waals surface area (Å²) in [7, 11) is -26.3. The molecule has 0 atom stereocenters. The van der Waals surface area contributed by atoms with Crippen LogP contribution >= 0.6 is 0 Å². The van der Waals surface area contributed by atoms with Crippen LogP contribution in [-0.2, 0) is 60.7 Å². The highest BCUT2D eigenvalue weighted by atomic mass is 32.2. The van der Waals surface area contributed by atoms with Gasteiger partial charge in [-0.3, -0.25) is 27.3 Å². The molecular formula is C36H44N10O18S6. The lowest BCUT2D eigenvalue weighted by molar-refractivity contribution is 0.480. The van der Waals surface area contributed by atoms with Crippen molar-refractivity contribution in [3.63, 3.8) is 0 Å². The van der Waals surface area contributed by atoms with Crippen LogP contribution in [0.15, 0.2) is 139 Å². The van der Waals surface area contributed by atoms with Crippen molar-refractivity contribution < 1.29 is 77.8 Å². The maximum absolute atomic E-state index is 11.6. The summed E-state index contributed by atoms with van der Waals surface area (Å²) in [5, 5.41) is 0. The predicted molar refractivity (Wildman–Crippen MR) is 261 cm³/mol. The van der Waals surface area contributed by atoms with E-state index in [4.69, 9.17) is 75.5 Å². The third-order valence-corrected chi connectivity index (χ3v) is 13.5. The largest absolute Gasteiger partial charge is 0.399 e. The second-order valence-corrected chi connectivity index (χ2v) is 21.9. The molecule has 0 aliphatic carbocycles. The summed E-state index contributed by atoms with van der Waals surface area (Å²) in [6.45, 7) is 0. The quantitative estimate of drug-likeness (QED) is 0.0793. The first-order valence-electron chi connectivity index (χ1n) is 17.9. The van der Waals surface area contributed by atoms with Crippen molar-refractivity contribution in [1.29, 1.82) is 0 Å². The summed E-state index contributed by atoms with van der Waals surface area (Å²) in [6, 6.07) is 22.1. The fraction of sp³-hybridized carbons (Fsp3) is 0. The predicted octanol–water partition coefficient (Wildman–Crippen LogP) is 1.40. The third kappa shape index (κ3) is 17.7. The van der Waals surface area contributed by atoms with Crippen LogP contribution in [0.2, 0.25) is 0 Å². The van der Waals surface area contributed by atoms with E-state index in [0.717, 1.165) is 36.4 Å². The maximum atomic E-state index is 11.6. The van der Waals surface area contributed by atoms with Crippen molar-refractivity contribution in [2.45, 2.75) is 29.4 Å². The zero-order valence-corrected chi connectivity index (χ0v) is 40.1. The van der Waals surface area contributed by atoms with E-state index in [9.17, 15) is 59.6 Å². The standard InChI is InChI=1S/C12H14N4O6S2.2C6H8N2O3S.2C6H7NO3S/c13-7-1-5(11(3-9(7)15)23(17,18)19)6-2-8(14)10(16)4-12(6)24(20,21)22;2*7-4-1-2-5(8)6(3-4)12(9,10)11;2*7-5-1-3-6(4-2-5)11(8,9)10/h1-4H,13-16H2,(H,17,18,19)(H,20,21,22);2*1-3H,7-8H2,(H,9,10,11);2*1-4H,7H2,(H,8,9,10). The van der Waals surface area contributed by atoms with Crippen LogP contribution < -0.4 is 57.3 Å². The van der Waals surface area contributed by atoms with Gasteiger partial charge in [0.25, 0.3) is 60.7 Å². The maximum Gasteiger partial charge on any atom is 0.296 e. The van der Waals surface area contributed by atoms with Gasteiger partial charge in [0.15, 0.2) is 0 Å². The van der Waals surface area contributed by atoms with Crippen molar-refractivity contribution in [2.75, 3.05) is 57.3 Å². The highest BCUT2D eigenvalue weighted by molar-refractivity contribution is 7.87. The summed E-state index contributed by atoms with van der Waals surface area (Å²) in [5.74, 6) is 0. The minimum atomic E-state index is -4.79. The van der Waals surface area contributed by atoms with Gasteiger partial charge in [-0.2, -0.15) is 50.5 Å². The van der Waals surface area contributed by atoms with Gasteiger partial charge in [-0.1, -0.05) is 0 Å². The minimum absolute atomic E-state index is 0.0216. The van der Waals surface area contributed by atoms with Crippen molar-refractivity contribution in [1.82, 2.24) is 0 Å². The van der Waals surface area contributed by atoms with E-state index in [-0.39, 0.29) is 76.2 Å². The molecule has 0 fully saturated rings. The van der Waals surface area contributed by atoms with Gasteiger partial charge >= 0.3 is 0 Å². The molecule has 0 aliphatic rings. The first kappa shape index (κ1) is 58.9. The zero-order valence-electron chi connectivity index (χ0n) is 35.2. The van der Waals surface area contributed by atoms with Crippen LogP contribution in [0.3, 0.4) is 0 Å². The van der Waals surface area contributed by atoms with Crippen LogP contribution in [0.25, 0.3) is 11.1 Å². The zero-order chi connectivity index (χ0) is 54.1. The molecule has 6 rings (SSSR count). The molecule has 0 heterocycles. The second kappa shape index (κ2) is 22.5. The Labute approximate surface area is 400 Å². The van der Waals surface area contributed by atoms with E-state index in [1.54, 1.807) is 0 Å². The fourth-order valence-electron chi connectivity index (χ4n) is 4.90. The van der Waals surface area contributed by atoms with E-state index < -0.39 is 70.5 Å².